The maximum atomic E-state index is 11.9. The fourth-order valence-electron chi connectivity index (χ4n) is 2.60. The Morgan fingerprint density at radius 3 is 3.00 bits per heavy atom. The summed E-state index contributed by atoms with van der Waals surface area (Å²) >= 11 is 0. The number of rotatable bonds is 6. The first-order valence-electron chi connectivity index (χ1n) is 7.85. The Labute approximate surface area is 127 Å². The summed E-state index contributed by atoms with van der Waals surface area (Å²) in [5.41, 5.74) is 1.13. The number of amides is 1. The molecule has 1 aromatic rings. The fraction of sp³-hybridized carbons (Fsp3) is 0.588. The molecule has 4 heteroatoms. The summed E-state index contributed by atoms with van der Waals surface area (Å²) in [5.74, 6) is 1.59. The van der Waals surface area contributed by atoms with E-state index in [4.69, 9.17) is 4.74 Å². The average Bonchev–Trinajstić information content (AvgIpc) is 2.48. The first kappa shape index (κ1) is 15.8. The predicted octanol–water partition coefficient (Wildman–Crippen LogP) is 2.27. The standard InChI is InChI=1S/C17H26N2O2/c1-13-9-10-18-12-15(13)19-17(20)8-5-11-21-16-7-4-3-6-14(16)2/h3-4,6-7,13,15,18H,5,8-12H2,1-2H3,(H,19,20). The van der Waals surface area contributed by atoms with Gasteiger partial charge in [0.2, 0.25) is 5.91 Å². The molecule has 0 aliphatic carbocycles. The molecule has 21 heavy (non-hydrogen) atoms. The largest absolute Gasteiger partial charge is 0.493 e. The molecule has 1 aliphatic rings. The van der Waals surface area contributed by atoms with Crippen LogP contribution in [-0.2, 0) is 4.79 Å². The summed E-state index contributed by atoms with van der Waals surface area (Å²) in [6, 6.07) is 8.22. The van der Waals surface area contributed by atoms with Crippen molar-refractivity contribution in [2.24, 2.45) is 5.92 Å². The lowest BCUT2D eigenvalue weighted by molar-refractivity contribution is -0.122. The van der Waals surface area contributed by atoms with E-state index in [-0.39, 0.29) is 11.9 Å². The zero-order valence-corrected chi connectivity index (χ0v) is 13.0. The lowest BCUT2D eigenvalue weighted by Gasteiger charge is -2.30. The van der Waals surface area contributed by atoms with Crippen molar-refractivity contribution in [3.05, 3.63) is 29.8 Å². The van der Waals surface area contributed by atoms with E-state index >= 15 is 0 Å². The van der Waals surface area contributed by atoms with Gasteiger partial charge in [0.25, 0.3) is 0 Å². The molecule has 0 aromatic heterocycles. The third-order valence-corrected chi connectivity index (χ3v) is 4.07. The van der Waals surface area contributed by atoms with Crippen LogP contribution in [0, 0.1) is 12.8 Å². The minimum atomic E-state index is 0.129. The van der Waals surface area contributed by atoms with E-state index < -0.39 is 0 Å². The van der Waals surface area contributed by atoms with E-state index in [1.54, 1.807) is 0 Å². The molecule has 2 rings (SSSR count). The number of carbonyl (C=O) groups excluding carboxylic acids is 1. The lowest BCUT2D eigenvalue weighted by Crippen LogP contribution is -2.50. The van der Waals surface area contributed by atoms with Crippen molar-refractivity contribution < 1.29 is 9.53 Å². The number of hydrogen-bond donors (Lipinski definition) is 2. The molecule has 1 fully saturated rings. The Bertz CT molecular complexity index is 462. The average molecular weight is 290 g/mol. The number of aryl methyl sites for hydroxylation is 1. The van der Waals surface area contributed by atoms with Crippen LogP contribution in [-0.4, -0.2) is 31.6 Å². The van der Waals surface area contributed by atoms with Gasteiger partial charge in [-0.2, -0.15) is 0 Å². The molecule has 2 unspecified atom stereocenters. The van der Waals surface area contributed by atoms with Crippen molar-refractivity contribution >= 4 is 5.91 Å². The van der Waals surface area contributed by atoms with Crippen molar-refractivity contribution in [3.63, 3.8) is 0 Å². The highest BCUT2D eigenvalue weighted by Crippen LogP contribution is 2.16. The molecule has 0 radical (unpaired) electrons. The molecule has 2 N–H and O–H groups in total. The third kappa shape index (κ3) is 5.05. The molecule has 1 amide bonds. The van der Waals surface area contributed by atoms with Gasteiger partial charge in [0.1, 0.15) is 5.75 Å². The monoisotopic (exact) mass is 290 g/mol. The molecular formula is C17H26N2O2. The van der Waals surface area contributed by atoms with Crippen molar-refractivity contribution in [2.45, 2.75) is 39.2 Å². The fourth-order valence-corrected chi connectivity index (χ4v) is 2.60. The summed E-state index contributed by atoms with van der Waals surface area (Å²) in [7, 11) is 0. The van der Waals surface area contributed by atoms with Crippen molar-refractivity contribution in [1.82, 2.24) is 10.6 Å². The Kier molecular flexibility index (Phi) is 6.05. The summed E-state index contributed by atoms with van der Waals surface area (Å²) < 4.78 is 5.71. The first-order valence-corrected chi connectivity index (χ1v) is 7.85. The Hall–Kier alpha value is -1.55. The van der Waals surface area contributed by atoms with Gasteiger partial charge in [0.15, 0.2) is 0 Å². The maximum absolute atomic E-state index is 11.9. The van der Waals surface area contributed by atoms with Crippen LogP contribution in [0.1, 0.15) is 31.7 Å². The summed E-state index contributed by atoms with van der Waals surface area (Å²) in [5, 5.41) is 6.45. The van der Waals surface area contributed by atoms with E-state index in [9.17, 15) is 4.79 Å². The molecule has 0 spiro atoms. The molecule has 2 atom stereocenters. The predicted molar refractivity (Wildman–Crippen MR) is 84.5 cm³/mol. The van der Waals surface area contributed by atoms with Crippen molar-refractivity contribution in [1.29, 1.82) is 0 Å². The summed E-state index contributed by atoms with van der Waals surface area (Å²) in [6.07, 6.45) is 2.39. The van der Waals surface area contributed by atoms with E-state index in [2.05, 4.69) is 17.6 Å². The number of para-hydroxylation sites is 1. The minimum Gasteiger partial charge on any atom is -0.493 e. The van der Waals surface area contributed by atoms with Crippen LogP contribution in [0.2, 0.25) is 0 Å². The number of benzene rings is 1. The van der Waals surface area contributed by atoms with Crippen LogP contribution in [0.3, 0.4) is 0 Å². The highest BCUT2D eigenvalue weighted by atomic mass is 16.5. The Balaban J connectivity index is 1.64. The number of ether oxygens (including phenoxy) is 1. The highest BCUT2D eigenvalue weighted by molar-refractivity contribution is 5.76. The van der Waals surface area contributed by atoms with Crippen LogP contribution in [0.15, 0.2) is 24.3 Å². The molecule has 4 nitrogen and oxygen atoms in total. The smallest absolute Gasteiger partial charge is 0.220 e. The van der Waals surface area contributed by atoms with Gasteiger partial charge in [-0.3, -0.25) is 4.79 Å². The van der Waals surface area contributed by atoms with Gasteiger partial charge in [0.05, 0.1) is 6.61 Å². The van der Waals surface area contributed by atoms with Gasteiger partial charge in [0, 0.05) is 19.0 Å². The van der Waals surface area contributed by atoms with Gasteiger partial charge >= 0.3 is 0 Å². The van der Waals surface area contributed by atoms with Gasteiger partial charge in [-0.25, -0.2) is 0 Å². The summed E-state index contributed by atoms with van der Waals surface area (Å²) in [4.78, 5) is 11.9. The SMILES string of the molecule is Cc1ccccc1OCCCC(=O)NC1CNCCC1C. The quantitative estimate of drug-likeness (QED) is 0.790. The van der Waals surface area contributed by atoms with Crippen molar-refractivity contribution in [3.8, 4) is 5.75 Å². The van der Waals surface area contributed by atoms with E-state index in [1.807, 2.05) is 31.2 Å². The van der Waals surface area contributed by atoms with Crippen molar-refractivity contribution in [2.75, 3.05) is 19.7 Å². The third-order valence-electron chi connectivity index (χ3n) is 4.07. The van der Waals surface area contributed by atoms with Crippen LogP contribution in [0.5, 0.6) is 5.75 Å². The van der Waals surface area contributed by atoms with Gasteiger partial charge in [-0.1, -0.05) is 25.1 Å². The number of carbonyl (C=O) groups is 1. The number of hydrogen-bond acceptors (Lipinski definition) is 3. The van der Waals surface area contributed by atoms with Gasteiger partial charge in [-0.15, -0.1) is 0 Å². The molecule has 1 aliphatic heterocycles. The van der Waals surface area contributed by atoms with Gasteiger partial charge in [-0.05, 0) is 43.9 Å². The molecule has 1 aromatic carbocycles. The van der Waals surface area contributed by atoms with Crippen LogP contribution < -0.4 is 15.4 Å². The maximum Gasteiger partial charge on any atom is 0.220 e. The zero-order valence-electron chi connectivity index (χ0n) is 13.0. The van der Waals surface area contributed by atoms with Crippen LogP contribution >= 0.6 is 0 Å². The topological polar surface area (TPSA) is 50.4 Å². The molecular weight excluding hydrogens is 264 g/mol. The number of nitrogens with one attached hydrogen (secondary N) is 2. The number of piperidine rings is 1. The van der Waals surface area contributed by atoms with Gasteiger partial charge < -0.3 is 15.4 Å². The first-order chi connectivity index (χ1) is 10.2. The Morgan fingerprint density at radius 1 is 1.43 bits per heavy atom. The molecule has 0 bridgehead atoms. The second-order valence-corrected chi connectivity index (χ2v) is 5.86. The van der Waals surface area contributed by atoms with E-state index in [0.29, 0.717) is 18.9 Å². The van der Waals surface area contributed by atoms with E-state index in [1.165, 1.54) is 0 Å². The molecule has 1 heterocycles. The normalized spacial score (nSPS) is 21.8. The Morgan fingerprint density at radius 2 is 2.24 bits per heavy atom. The molecule has 0 saturated carbocycles. The summed E-state index contributed by atoms with van der Waals surface area (Å²) in [6.45, 7) is 6.74. The molecule has 1 saturated heterocycles. The van der Waals surface area contributed by atoms with Crippen LogP contribution in [0.4, 0.5) is 0 Å². The second kappa shape index (κ2) is 8.03. The minimum absolute atomic E-state index is 0.129. The van der Waals surface area contributed by atoms with Crippen LogP contribution in [0.25, 0.3) is 0 Å². The second-order valence-electron chi connectivity index (χ2n) is 5.86. The highest BCUT2D eigenvalue weighted by Gasteiger charge is 2.22. The van der Waals surface area contributed by atoms with E-state index in [0.717, 1.165) is 37.2 Å². The molecule has 116 valence electrons. The lowest BCUT2D eigenvalue weighted by atomic mass is 9.95. The zero-order chi connectivity index (χ0) is 15.1.